The van der Waals surface area contributed by atoms with E-state index in [0.29, 0.717) is 5.92 Å². The maximum absolute atomic E-state index is 10.4. The van der Waals surface area contributed by atoms with E-state index in [1.807, 2.05) is 0 Å². The predicted molar refractivity (Wildman–Crippen MR) is 93.0 cm³/mol. The van der Waals surface area contributed by atoms with Gasteiger partial charge in [0, 0.05) is 29.2 Å². The molecule has 2 unspecified atom stereocenters. The van der Waals surface area contributed by atoms with Crippen LogP contribution in [0.3, 0.4) is 0 Å². The third kappa shape index (κ3) is 2.28. The number of aliphatic hydroxyl groups is 1. The lowest BCUT2D eigenvalue weighted by atomic mass is 9.82. The zero-order chi connectivity index (χ0) is 16.0. The number of aryl methyl sites for hydroxylation is 1. The predicted octanol–water partition coefficient (Wildman–Crippen LogP) is 4.31. The van der Waals surface area contributed by atoms with Gasteiger partial charge >= 0.3 is 0 Å². The second kappa shape index (κ2) is 5.86. The monoisotopic (exact) mass is 312 g/mol. The summed E-state index contributed by atoms with van der Waals surface area (Å²) in [7, 11) is 0. The molecule has 23 heavy (non-hydrogen) atoms. The molecule has 0 fully saturated rings. The number of H-pyrrole nitrogens is 2. The zero-order valence-corrected chi connectivity index (χ0v) is 14.3. The van der Waals surface area contributed by atoms with Crippen molar-refractivity contribution in [1.82, 2.24) is 9.97 Å². The van der Waals surface area contributed by atoms with Crippen molar-refractivity contribution in [2.24, 2.45) is 0 Å². The van der Waals surface area contributed by atoms with E-state index in [9.17, 15) is 5.11 Å². The molecular weight excluding hydrogens is 284 g/mol. The highest BCUT2D eigenvalue weighted by atomic mass is 16.3. The molecule has 0 aromatic carbocycles. The number of fused-ring (bicyclic) bond motifs is 2. The first kappa shape index (κ1) is 15.1. The van der Waals surface area contributed by atoms with Crippen LogP contribution >= 0.6 is 0 Å². The molecule has 3 N–H and O–H groups in total. The van der Waals surface area contributed by atoms with Crippen LogP contribution in [-0.2, 0) is 25.7 Å². The smallest absolute Gasteiger partial charge is 0.0940 e. The molecule has 4 rings (SSSR count). The normalized spacial score (nSPS) is 23.6. The van der Waals surface area contributed by atoms with Gasteiger partial charge in [0.1, 0.15) is 0 Å². The molecule has 0 bridgehead atoms. The third-order valence-electron chi connectivity index (χ3n) is 5.99. The van der Waals surface area contributed by atoms with E-state index in [1.165, 1.54) is 47.3 Å². The van der Waals surface area contributed by atoms with Crippen molar-refractivity contribution in [3.63, 3.8) is 0 Å². The van der Waals surface area contributed by atoms with Crippen molar-refractivity contribution in [1.29, 1.82) is 0 Å². The molecule has 2 atom stereocenters. The lowest BCUT2D eigenvalue weighted by Crippen LogP contribution is -2.13. The van der Waals surface area contributed by atoms with Crippen LogP contribution in [0.15, 0.2) is 6.20 Å². The third-order valence-corrected chi connectivity index (χ3v) is 5.99. The van der Waals surface area contributed by atoms with Crippen molar-refractivity contribution in [3.8, 4) is 0 Å². The van der Waals surface area contributed by atoms with Gasteiger partial charge in [-0.25, -0.2) is 0 Å². The maximum Gasteiger partial charge on any atom is 0.0940 e. The fourth-order valence-electron chi connectivity index (χ4n) is 4.86. The number of hydrogen-bond acceptors (Lipinski definition) is 1. The second-order valence-corrected chi connectivity index (χ2v) is 7.18. The fourth-order valence-corrected chi connectivity index (χ4v) is 4.86. The molecule has 2 aliphatic rings. The van der Waals surface area contributed by atoms with Gasteiger partial charge < -0.3 is 15.1 Å². The first-order valence-electron chi connectivity index (χ1n) is 9.35. The Balaban J connectivity index is 1.82. The summed E-state index contributed by atoms with van der Waals surface area (Å²) in [5.74, 6) is 0.451. The van der Waals surface area contributed by atoms with Crippen LogP contribution in [0.4, 0.5) is 0 Å². The Kier molecular flexibility index (Phi) is 3.84. The first-order valence-corrected chi connectivity index (χ1v) is 9.35. The molecule has 2 heterocycles. The molecule has 0 saturated heterocycles. The topological polar surface area (TPSA) is 51.8 Å². The molecule has 2 aromatic rings. The molecule has 3 heteroatoms. The first-order chi connectivity index (χ1) is 11.2. The number of rotatable bonds is 3. The molecule has 2 aliphatic carbocycles. The average molecular weight is 312 g/mol. The lowest BCUT2D eigenvalue weighted by molar-refractivity contribution is 0.152. The van der Waals surface area contributed by atoms with Gasteiger partial charge in [-0.3, -0.25) is 0 Å². The van der Waals surface area contributed by atoms with E-state index in [0.717, 1.165) is 37.8 Å². The average Bonchev–Trinajstić information content (AvgIpc) is 3.16. The molecule has 0 saturated carbocycles. The van der Waals surface area contributed by atoms with E-state index in [4.69, 9.17) is 0 Å². The van der Waals surface area contributed by atoms with Gasteiger partial charge in [-0.1, -0.05) is 13.8 Å². The van der Waals surface area contributed by atoms with Crippen LogP contribution in [0.25, 0.3) is 0 Å². The summed E-state index contributed by atoms with van der Waals surface area (Å²) >= 11 is 0. The Hall–Kier alpha value is -1.48. The number of hydrogen-bond donors (Lipinski definition) is 3. The molecule has 2 aromatic heterocycles. The van der Waals surface area contributed by atoms with Crippen molar-refractivity contribution in [3.05, 3.63) is 45.5 Å². The molecule has 0 amide bonds. The van der Waals surface area contributed by atoms with E-state index < -0.39 is 0 Å². The number of aliphatic hydroxyl groups excluding tert-OH is 1. The van der Waals surface area contributed by atoms with E-state index in [1.54, 1.807) is 5.56 Å². The van der Waals surface area contributed by atoms with E-state index in [-0.39, 0.29) is 6.10 Å². The fraction of sp³-hybridized carbons (Fsp3) is 0.600. The molecule has 124 valence electrons. The summed E-state index contributed by atoms with van der Waals surface area (Å²) in [6.07, 6.45) is 10.9. The van der Waals surface area contributed by atoms with Crippen LogP contribution in [0.1, 0.15) is 90.9 Å². The second-order valence-electron chi connectivity index (χ2n) is 7.18. The standard InChI is InChI=1S/C20H28N2O/c1-3-12-11-21-18-14(12)7-5-9-16(18)19-13(4-2)15-8-6-10-17(23)20(15)22-19/h11,16-17,21-23H,3-10H2,1-2H3. The minimum absolute atomic E-state index is 0.296. The maximum atomic E-state index is 10.4. The number of aromatic amines is 2. The minimum Gasteiger partial charge on any atom is -0.387 e. The Morgan fingerprint density at radius 2 is 1.78 bits per heavy atom. The van der Waals surface area contributed by atoms with E-state index in [2.05, 4.69) is 30.0 Å². The Morgan fingerprint density at radius 3 is 2.57 bits per heavy atom. The lowest BCUT2D eigenvalue weighted by Gasteiger charge is -2.24. The van der Waals surface area contributed by atoms with Gasteiger partial charge in [0.25, 0.3) is 0 Å². The number of aromatic nitrogens is 2. The van der Waals surface area contributed by atoms with Crippen molar-refractivity contribution in [2.75, 3.05) is 0 Å². The van der Waals surface area contributed by atoms with Gasteiger partial charge in [-0.05, 0) is 73.6 Å². The van der Waals surface area contributed by atoms with Crippen LogP contribution in [0, 0.1) is 0 Å². The number of nitrogens with one attached hydrogen (secondary N) is 2. The van der Waals surface area contributed by atoms with Crippen molar-refractivity contribution in [2.45, 2.75) is 77.2 Å². The molecule has 0 radical (unpaired) electrons. The molecule has 0 aliphatic heterocycles. The van der Waals surface area contributed by atoms with E-state index >= 15 is 0 Å². The summed E-state index contributed by atoms with van der Waals surface area (Å²) in [6.45, 7) is 4.50. The summed E-state index contributed by atoms with van der Waals surface area (Å²) in [5.41, 5.74) is 9.84. The largest absolute Gasteiger partial charge is 0.387 e. The summed E-state index contributed by atoms with van der Waals surface area (Å²) < 4.78 is 0. The highest BCUT2D eigenvalue weighted by Crippen LogP contribution is 2.42. The zero-order valence-electron chi connectivity index (χ0n) is 14.3. The van der Waals surface area contributed by atoms with Gasteiger partial charge in [0.15, 0.2) is 0 Å². The highest BCUT2D eigenvalue weighted by Gasteiger charge is 2.32. The minimum atomic E-state index is -0.296. The summed E-state index contributed by atoms with van der Waals surface area (Å²) in [6, 6.07) is 0. The molecular formula is C20H28N2O. The SMILES string of the molecule is CCc1c[nH]c2c1CCCC2c1[nH]c2c(c1CC)CCCC2O. The Morgan fingerprint density at radius 1 is 1.00 bits per heavy atom. The Bertz CT molecular complexity index is 710. The van der Waals surface area contributed by atoms with Crippen LogP contribution in [0.5, 0.6) is 0 Å². The highest BCUT2D eigenvalue weighted by molar-refractivity contribution is 5.47. The van der Waals surface area contributed by atoms with Crippen molar-refractivity contribution < 1.29 is 5.11 Å². The van der Waals surface area contributed by atoms with Gasteiger partial charge in [0.2, 0.25) is 0 Å². The van der Waals surface area contributed by atoms with Crippen LogP contribution in [-0.4, -0.2) is 15.1 Å². The van der Waals surface area contributed by atoms with Gasteiger partial charge in [-0.15, -0.1) is 0 Å². The molecule has 3 nitrogen and oxygen atoms in total. The van der Waals surface area contributed by atoms with Crippen LogP contribution < -0.4 is 0 Å². The van der Waals surface area contributed by atoms with Crippen LogP contribution in [0.2, 0.25) is 0 Å². The molecule has 0 spiro atoms. The van der Waals surface area contributed by atoms with Crippen molar-refractivity contribution >= 4 is 0 Å². The van der Waals surface area contributed by atoms with Gasteiger partial charge in [0.05, 0.1) is 6.10 Å². The van der Waals surface area contributed by atoms with Gasteiger partial charge in [-0.2, -0.15) is 0 Å². The Labute approximate surface area is 138 Å². The summed E-state index contributed by atoms with van der Waals surface area (Å²) in [4.78, 5) is 7.26. The quantitative estimate of drug-likeness (QED) is 0.777. The summed E-state index contributed by atoms with van der Waals surface area (Å²) in [5, 5.41) is 10.4.